The van der Waals surface area contributed by atoms with Gasteiger partial charge in [-0.2, -0.15) is 0 Å². The summed E-state index contributed by atoms with van der Waals surface area (Å²) in [7, 11) is 0. The summed E-state index contributed by atoms with van der Waals surface area (Å²) in [5.74, 6) is 0.425. The summed E-state index contributed by atoms with van der Waals surface area (Å²) in [6, 6.07) is 4.30. The zero-order valence-electron chi connectivity index (χ0n) is 12.4. The van der Waals surface area contributed by atoms with E-state index in [0.29, 0.717) is 11.6 Å². The van der Waals surface area contributed by atoms with E-state index < -0.39 is 0 Å². The summed E-state index contributed by atoms with van der Waals surface area (Å²) < 4.78 is 0. The van der Waals surface area contributed by atoms with Crippen LogP contribution >= 0.6 is 11.3 Å². The molecule has 0 atom stereocenters. The predicted octanol–water partition coefficient (Wildman–Crippen LogP) is 2.18. The van der Waals surface area contributed by atoms with E-state index in [1.807, 2.05) is 11.3 Å². The molecule has 0 spiro atoms. The monoisotopic (exact) mass is 316 g/mol. The molecule has 1 amide bonds. The van der Waals surface area contributed by atoms with Crippen molar-refractivity contribution < 1.29 is 4.79 Å². The van der Waals surface area contributed by atoms with Crippen molar-refractivity contribution in [3.05, 3.63) is 46.7 Å². The van der Waals surface area contributed by atoms with Crippen LogP contribution in [-0.4, -0.2) is 40.4 Å². The lowest BCUT2D eigenvalue weighted by Crippen LogP contribution is -2.38. The number of amides is 1. The smallest absolute Gasteiger partial charge is 0.271 e. The Balaban J connectivity index is 1.40. The fourth-order valence-electron chi connectivity index (χ4n) is 2.72. The third-order valence-electron chi connectivity index (χ3n) is 4.01. The highest BCUT2D eigenvalue weighted by molar-refractivity contribution is 7.09. The molecule has 0 aromatic carbocycles. The highest BCUT2D eigenvalue weighted by Crippen LogP contribution is 2.20. The number of aromatic nitrogens is 2. The van der Waals surface area contributed by atoms with E-state index in [2.05, 4.69) is 37.7 Å². The average Bonchev–Trinajstić information content (AvgIpc) is 3.08. The molecule has 1 N–H and O–H groups in total. The van der Waals surface area contributed by atoms with Gasteiger partial charge in [0.15, 0.2) is 0 Å². The molecule has 5 nitrogen and oxygen atoms in total. The molecule has 1 fully saturated rings. The van der Waals surface area contributed by atoms with Crippen LogP contribution in [0.3, 0.4) is 0 Å². The molecular weight excluding hydrogens is 296 g/mol. The molecule has 2 aromatic rings. The average molecular weight is 316 g/mol. The number of carbonyl (C=O) groups excluding carboxylic acids is 1. The second-order valence-corrected chi connectivity index (χ2v) is 6.63. The minimum absolute atomic E-state index is 0.130. The number of thiophene rings is 1. The standard InChI is InChI=1S/C16H20N4OS/c21-16(15-11-17-5-6-18-15)19-10-13-3-7-20(8-4-13)12-14-2-1-9-22-14/h1-2,5-6,9,11,13H,3-4,7-8,10,12H2,(H,19,21). The van der Waals surface area contributed by atoms with Crippen molar-refractivity contribution >= 4 is 17.2 Å². The molecule has 22 heavy (non-hydrogen) atoms. The Bertz CT molecular complexity index is 579. The molecule has 0 aliphatic carbocycles. The van der Waals surface area contributed by atoms with Crippen LogP contribution in [0, 0.1) is 5.92 Å². The van der Waals surface area contributed by atoms with Gasteiger partial charge < -0.3 is 5.32 Å². The topological polar surface area (TPSA) is 58.1 Å². The van der Waals surface area contributed by atoms with Crippen molar-refractivity contribution in [1.82, 2.24) is 20.2 Å². The molecule has 1 aliphatic rings. The number of carbonyl (C=O) groups is 1. The first-order chi connectivity index (χ1) is 10.8. The van der Waals surface area contributed by atoms with Crippen LogP contribution in [0.5, 0.6) is 0 Å². The Kier molecular flexibility index (Phi) is 5.13. The van der Waals surface area contributed by atoms with E-state index in [4.69, 9.17) is 0 Å². The zero-order valence-corrected chi connectivity index (χ0v) is 13.3. The third kappa shape index (κ3) is 4.11. The number of nitrogens with one attached hydrogen (secondary N) is 1. The Morgan fingerprint density at radius 1 is 1.36 bits per heavy atom. The van der Waals surface area contributed by atoms with E-state index in [1.54, 1.807) is 6.20 Å². The van der Waals surface area contributed by atoms with Crippen molar-refractivity contribution in [2.45, 2.75) is 19.4 Å². The van der Waals surface area contributed by atoms with Gasteiger partial charge in [-0.15, -0.1) is 11.3 Å². The quantitative estimate of drug-likeness (QED) is 0.918. The predicted molar refractivity (Wildman–Crippen MR) is 86.7 cm³/mol. The van der Waals surface area contributed by atoms with Crippen molar-refractivity contribution in [2.24, 2.45) is 5.92 Å². The second kappa shape index (κ2) is 7.47. The molecule has 1 aliphatic heterocycles. The first-order valence-corrected chi connectivity index (χ1v) is 8.48. The number of nitrogens with zero attached hydrogens (tertiary/aromatic N) is 3. The largest absolute Gasteiger partial charge is 0.350 e. The number of hydrogen-bond donors (Lipinski definition) is 1. The normalized spacial score (nSPS) is 16.5. The van der Waals surface area contributed by atoms with E-state index in [9.17, 15) is 4.79 Å². The Morgan fingerprint density at radius 3 is 2.91 bits per heavy atom. The maximum absolute atomic E-state index is 11.9. The second-order valence-electron chi connectivity index (χ2n) is 5.60. The van der Waals surface area contributed by atoms with Crippen molar-refractivity contribution in [2.75, 3.05) is 19.6 Å². The zero-order chi connectivity index (χ0) is 15.2. The van der Waals surface area contributed by atoms with Gasteiger partial charge in [0, 0.05) is 30.4 Å². The van der Waals surface area contributed by atoms with Gasteiger partial charge in [-0.3, -0.25) is 14.7 Å². The third-order valence-corrected chi connectivity index (χ3v) is 4.87. The number of hydrogen-bond acceptors (Lipinski definition) is 5. The molecule has 3 rings (SSSR count). The fourth-order valence-corrected chi connectivity index (χ4v) is 3.46. The summed E-state index contributed by atoms with van der Waals surface area (Å²) in [4.78, 5) is 23.8. The van der Waals surface area contributed by atoms with E-state index in [0.717, 1.165) is 39.0 Å². The fraction of sp³-hybridized carbons (Fsp3) is 0.438. The highest BCUT2D eigenvalue weighted by atomic mass is 32.1. The first-order valence-electron chi connectivity index (χ1n) is 7.60. The lowest BCUT2D eigenvalue weighted by atomic mass is 9.96. The molecule has 3 heterocycles. The minimum atomic E-state index is -0.130. The van der Waals surface area contributed by atoms with E-state index >= 15 is 0 Å². The van der Waals surface area contributed by atoms with Crippen LogP contribution < -0.4 is 5.32 Å². The van der Waals surface area contributed by atoms with Crippen LogP contribution in [0.15, 0.2) is 36.1 Å². The van der Waals surface area contributed by atoms with Gasteiger partial charge in [-0.05, 0) is 43.3 Å². The van der Waals surface area contributed by atoms with Gasteiger partial charge >= 0.3 is 0 Å². The molecular formula is C16H20N4OS. The summed E-state index contributed by atoms with van der Waals surface area (Å²) in [5, 5.41) is 5.10. The lowest BCUT2D eigenvalue weighted by Gasteiger charge is -2.31. The van der Waals surface area contributed by atoms with Crippen LogP contribution in [0.4, 0.5) is 0 Å². The molecule has 0 saturated carbocycles. The maximum Gasteiger partial charge on any atom is 0.271 e. The summed E-state index contributed by atoms with van der Waals surface area (Å²) in [6.07, 6.45) is 6.87. The summed E-state index contributed by atoms with van der Waals surface area (Å²) in [6.45, 7) is 3.98. The molecule has 2 aromatic heterocycles. The lowest BCUT2D eigenvalue weighted by molar-refractivity contribution is 0.0930. The van der Waals surface area contributed by atoms with Crippen molar-refractivity contribution in [3.63, 3.8) is 0 Å². The number of piperidine rings is 1. The summed E-state index contributed by atoms with van der Waals surface area (Å²) >= 11 is 1.82. The molecule has 1 saturated heterocycles. The van der Waals surface area contributed by atoms with Gasteiger partial charge in [0.1, 0.15) is 5.69 Å². The molecule has 6 heteroatoms. The Labute approximate surface area is 134 Å². The van der Waals surface area contributed by atoms with Gasteiger partial charge in [0.25, 0.3) is 5.91 Å². The highest BCUT2D eigenvalue weighted by Gasteiger charge is 2.20. The Morgan fingerprint density at radius 2 is 2.23 bits per heavy atom. The molecule has 0 unspecified atom stereocenters. The summed E-state index contributed by atoms with van der Waals surface area (Å²) in [5.41, 5.74) is 0.387. The Hall–Kier alpha value is -1.79. The van der Waals surface area contributed by atoms with E-state index in [-0.39, 0.29) is 5.91 Å². The van der Waals surface area contributed by atoms with Crippen LogP contribution in [0.2, 0.25) is 0 Å². The van der Waals surface area contributed by atoms with Crippen molar-refractivity contribution in [1.29, 1.82) is 0 Å². The molecule has 116 valence electrons. The molecule has 0 radical (unpaired) electrons. The molecule has 0 bridgehead atoms. The van der Waals surface area contributed by atoms with Gasteiger partial charge in [-0.1, -0.05) is 6.07 Å². The SMILES string of the molecule is O=C(NCC1CCN(Cc2cccs2)CC1)c1cnccn1. The number of rotatable bonds is 5. The van der Waals surface area contributed by atoms with Gasteiger partial charge in [-0.25, -0.2) is 4.98 Å². The maximum atomic E-state index is 11.9. The van der Waals surface area contributed by atoms with Gasteiger partial charge in [0.2, 0.25) is 0 Å². The van der Waals surface area contributed by atoms with Crippen LogP contribution in [0.1, 0.15) is 28.2 Å². The van der Waals surface area contributed by atoms with E-state index in [1.165, 1.54) is 17.3 Å². The van der Waals surface area contributed by atoms with Crippen LogP contribution in [0.25, 0.3) is 0 Å². The van der Waals surface area contributed by atoms with Gasteiger partial charge in [0.05, 0.1) is 6.20 Å². The minimum Gasteiger partial charge on any atom is -0.350 e. The van der Waals surface area contributed by atoms with Crippen molar-refractivity contribution in [3.8, 4) is 0 Å². The number of likely N-dealkylation sites (tertiary alicyclic amines) is 1. The first kappa shape index (κ1) is 15.1. The van der Waals surface area contributed by atoms with Crippen LogP contribution in [-0.2, 0) is 6.54 Å².